The Bertz CT molecular complexity index is 670. The van der Waals surface area contributed by atoms with E-state index >= 15 is 0 Å². The second kappa shape index (κ2) is 6.69. The molecular weight excluding hydrogens is 268 g/mol. The molecule has 1 heterocycles. The average Bonchev–Trinajstić information content (AvgIpc) is 2.50. The minimum absolute atomic E-state index is 0.0761. The largest absolute Gasteiger partial charge is 0.383 e. The first-order chi connectivity index (χ1) is 10.1. The normalized spacial score (nSPS) is 10.3. The fourth-order valence-corrected chi connectivity index (χ4v) is 1.92. The molecule has 6 heteroatoms. The van der Waals surface area contributed by atoms with Crippen molar-refractivity contribution in [3.05, 3.63) is 36.0 Å². The SMILES string of the molecule is CCCNC(=O)CNC(=O)c1cc2ccccc2c(N)n1. The number of nitrogens with one attached hydrogen (secondary N) is 2. The molecule has 0 atom stereocenters. The molecule has 2 amide bonds. The summed E-state index contributed by atoms with van der Waals surface area (Å²) in [4.78, 5) is 27.5. The lowest BCUT2D eigenvalue weighted by Gasteiger charge is -2.07. The van der Waals surface area contributed by atoms with Gasteiger partial charge in [0.2, 0.25) is 5.91 Å². The number of nitrogens with zero attached hydrogens (tertiary/aromatic N) is 1. The molecule has 1 aromatic heterocycles. The monoisotopic (exact) mass is 286 g/mol. The Kier molecular flexibility index (Phi) is 4.71. The van der Waals surface area contributed by atoms with Crippen LogP contribution in [-0.2, 0) is 4.79 Å². The number of nitrogen functional groups attached to an aromatic ring is 1. The first kappa shape index (κ1) is 14.8. The van der Waals surface area contributed by atoms with E-state index in [1.54, 1.807) is 6.07 Å². The Morgan fingerprint density at radius 3 is 2.76 bits per heavy atom. The molecule has 0 spiro atoms. The van der Waals surface area contributed by atoms with Gasteiger partial charge in [-0.2, -0.15) is 0 Å². The highest BCUT2D eigenvalue weighted by molar-refractivity contribution is 6.00. The molecule has 0 saturated carbocycles. The van der Waals surface area contributed by atoms with Gasteiger partial charge in [-0.25, -0.2) is 4.98 Å². The predicted octanol–water partition coefficient (Wildman–Crippen LogP) is 1.07. The Labute approximate surface area is 122 Å². The van der Waals surface area contributed by atoms with E-state index in [0.29, 0.717) is 12.4 Å². The van der Waals surface area contributed by atoms with Crippen molar-refractivity contribution in [2.75, 3.05) is 18.8 Å². The second-order valence-electron chi connectivity index (χ2n) is 4.65. The molecule has 2 aromatic rings. The number of aromatic nitrogens is 1. The Morgan fingerprint density at radius 2 is 2.00 bits per heavy atom. The first-order valence-corrected chi connectivity index (χ1v) is 6.82. The van der Waals surface area contributed by atoms with Crippen LogP contribution < -0.4 is 16.4 Å². The van der Waals surface area contributed by atoms with E-state index in [9.17, 15) is 9.59 Å². The number of amides is 2. The maximum Gasteiger partial charge on any atom is 0.270 e. The van der Waals surface area contributed by atoms with Crippen molar-refractivity contribution in [2.24, 2.45) is 0 Å². The Balaban J connectivity index is 2.07. The molecular formula is C15H18N4O2. The Morgan fingerprint density at radius 1 is 1.24 bits per heavy atom. The molecule has 1 aromatic carbocycles. The Hall–Kier alpha value is -2.63. The number of carbonyl (C=O) groups excluding carboxylic acids is 2. The van der Waals surface area contributed by atoms with Crippen LogP contribution in [0.1, 0.15) is 23.8 Å². The maximum atomic E-state index is 12.0. The van der Waals surface area contributed by atoms with Gasteiger partial charge in [-0.3, -0.25) is 9.59 Å². The summed E-state index contributed by atoms with van der Waals surface area (Å²) in [6, 6.07) is 9.08. The van der Waals surface area contributed by atoms with Crippen LogP contribution in [0.5, 0.6) is 0 Å². The number of nitrogens with two attached hydrogens (primary N) is 1. The summed E-state index contributed by atoms with van der Waals surface area (Å²) < 4.78 is 0. The summed E-state index contributed by atoms with van der Waals surface area (Å²) in [5, 5.41) is 6.85. The maximum absolute atomic E-state index is 12.0. The minimum Gasteiger partial charge on any atom is -0.383 e. The molecule has 0 fully saturated rings. The summed E-state index contributed by atoms with van der Waals surface area (Å²) >= 11 is 0. The molecule has 110 valence electrons. The standard InChI is InChI=1S/C15H18N4O2/c1-2-7-17-13(20)9-18-15(21)12-8-10-5-3-4-6-11(10)14(16)19-12/h3-6,8H,2,7,9H2,1H3,(H2,16,19)(H,17,20)(H,18,21). The van der Waals surface area contributed by atoms with E-state index in [1.807, 2.05) is 31.2 Å². The quantitative estimate of drug-likeness (QED) is 0.766. The van der Waals surface area contributed by atoms with Gasteiger partial charge in [0, 0.05) is 11.9 Å². The van der Waals surface area contributed by atoms with E-state index in [4.69, 9.17) is 5.73 Å². The summed E-state index contributed by atoms with van der Waals surface area (Å²) in [5.41, 5.74) is 6.05. The van der Waals surface area contributed by atoms with Crippen molar-refractivity contribution in [1.29, 1.82) is 0 Å². The molecule has 0 unspecified atom stereocenters. The van der Waals surface area contributed by atoms with Gasteiger partial charge in [-0.15, -0.1) is 0 Å². The number of carbonyl (C=O) groups is 2. The molecule has 0 radical (unpaired) electrons. The molecule has 21 heavy (non-hydrogen) atoms. The summed E-state index contributed by atoms with van der Waals surface area (Å²) in [7, 11) is 0. The van der Waals surface area contributed by atoms with Gasteiger partial charge in [0.15, 0.2) is 0 Å². The number of hydrogen-bond acceptors (Lipinski definition) is 4. The van der Waals surface area contributed by atoms with E-state index < -0.39 is 5.91 Å². The lowest BCUT2D eigenvalue weighted by Crippen LogP contribution is -2.37. The van der Waals surface area contributed by atoms with Crippen LogP contribution in [0.25, 0.3) is 10.8 Å². The van der Waals surface area contributed by atoms with Gasteiger partial charge in [0.1, 0.15) is 11.5 Å². The van der Waals surface area contributed by atoms with Crippen molar-refractivity contribution in [2.45, 2.75) is 13.3 Å². The van der Waals surface area contributed by atoms with Crippen molar-refractivity contribution < 1.29 is 9.59 Å². The number of pyridine rings is 1. The van der Waals surface area contributed by atoms with Crippen molar-refractivity contribution in [1.82, 2.24) is 15.6 Å². The molecule has 0 aliphatic heterocycles. The van der Waals surface area contributed by atoms with Crippen LogP contribution in [0.3, 0.4) is 0 Å². The highest BCUT2D eigenvalue weighted by Crippen LogP contribution is 2.19. The number of hydrogen-bond donors (Lipinski definition) is 3. The van der Waals surface area contributed by atoms with Gasteiger partial charge in [-0.1, -0.05) is 31.2 Å². The van der Waals surface area contributed by atoms with E-state index in [1.165, 1.54) is 0 Å². The van der Waals surface area contributed by atoms with E-state index in [2.05, 4.69) is 15.6 Å². The van der Waals surface area contributed by atoms with Crippen LogP contribution in [0.4, 0.5) is 5.82 Å². The van der Waals surface area contributed by atoms with Gasteiger partial charge in [-0.05, 0) is 17.9 Å². The number of benzene rings is 1. The lowest BCUT2D eigenvalue weighted by molar-refractivity contribution is -0.120. The molecule has 0 aliphatic carbocycles. The van der Waals surface area contributed by atoms with Crippen LogP contribution in [-0.4, -0.2) is 29.9 Å². The summed E-state index contributed by atoms with van der Waals surface area (Å²) in [6.45, 7) is 2.48. The van der Waals surface area contributed by atoms with Crippen molar-refractivity contribution in [3.63, 3.8) is 0 Å². The van der Waals surface area contributed by atoms with Crippen LogP contribution in [0, 0.1) is 0 Å². The molecule has 0 aliphatic rings. The van der Waals surface area contributed by atoms with Gasteiger partial charge in [0.05, 0.1) is 6.54 Å². The fourth-order valence-electron chi connectivity index (χ4n) is 1.92. The highest BCUT2D eigenvalue weighted by Gasteiger charge is 2.11. The third-order valence-corrected chi connectivity index (χ3v) is 2.98. The lowest BCUT2D eigenvalue weighted by atomic mass is 10.1. The fraction of sp³-hybridized carbons (Fsp3) is 0.267. The predicted molar refractivity (Wildman–Crippen MR) is 81.8 cm³/mol. The van der Waals surface area contributed by atoms with Crippen LogP contribution in [0.15, 0.2) is 30.3 Å². The van der Waals surface area contributed by atoms with E-state index in [-0.39, 0.29) is 18.1 Å². The first-order valence-electron chi connectivity index (χ1n) is 6.82. The molecule has 0 bridgehead atoms. The van der Waals surface area contributed by atoms with Gasteiger partial charge in [0.25, 0.3) is 5.91 Å². The average molecular weight is 286 g/mol. The molecule has 0 saturated heterocycles. The van der Waals surface area contributed by atoms with Crippen molar-refractivity contribution >= 4 is 28.4 Å². The summed E-state index contributed by atoms with van der Waals surface area (Å²) in [6.07, 6.45) is 0.850. The number of anilines is 1. The third-order valence-electron chi connectivity index (χ3n) is 2.98. The molecule has 6 nitrogen and oxygen atoms in total. The molecule has 2 rings (SSSR count). The zero-order valence-electron chi connectivity index (χ0n) is 11.8. The van der Waals surface area contributed by atoms with E-state index in [0.717, 1.165) is 17.2 Å². The topological polar surface area (TPSA) is 97.1 Å². The highest BCUT2D eigenvalue weighted by atomic mass is 16.2. The zero-order valence-corrected chi connectivity index (χ0v) is 11.8. The van der Waals surface area contributed by atoms with Crippen LogP contribution >= 0.6 is 0 Å². The van der Waals surface area contributed by atoms with Crippen molar-refractivity contribution in [3.8, 4) is 0 Å². The number of rotatable bonds is 5. The minimum atomic E-state index is -0.417. The van der Waals surface area contributed by atoms with Gasteiger partial charge < -0.3 is 16.4 Å². The third kappa shape index (κ3) is 3.68. The zero-order chi connectivity index (χ0) is 15.2. The second-order valence-corrected chi connectivity index (χ2v) is 4.65. The van der Waals surface area contributed by atoms with Crippen LogP contribution in [0.2, 0.25) is 0 Å². The number of fused-ring (bicyclic) bond motifs is 1. The molecule has 4 N–H and O–H groups in total. The van der Waals surface area contributed by atoms with Gasteiger partial charge >= 0.3 is 0 Å². The summed E-state index contributed by atoms with van der Waals surface area (Å²) in [5.74, 6) is -0.341. The smallest absolute Gasteiger partial charge is 0.270 e.